The smallest absolute Gasteiger partial charge is 0.238 e. The maximum atomic E-state index is 12.5. The normalized spacial score (nSPS) is 25.1. The first kappa shape index (κ1) is 20.5. The van der Waals surface area contributed by atoms with E-state index < -0.39 is 16.3 Å². The van der Waals surface area contributed by atoms with E-state index in [1.807, 2.05) is 6.07 Å². The largest absolute Gasteiger partial charge is 0.369 e. The molecule has 4 nitrogen and oxygen atoms in total. The van der Waals surface area contributed by atoms with Gasteiger partial charge in [-0.05, 0) is 55.7 Å². The topological polar surface area (TPSA) is 40.6 Å². The van der Waals surface area contributed by atoms with Gasteiger partial charge in [-0.3, -0.25) is 4.90 Å². The minimum Gasteiger partial charge on any atom is -0.369 e. The quantitative estimate of drug-likeness (QED) is 0.731. The second-order valence-corrected chi connectivity index (χ2v) is 10.1. The van der Waals surface area contributed by atoms with Crippen molar-refractivity contribution in [2.45, 2.75) is 43.4 Å². The number of benzene rings is 1. The molecule has 7 heteroatoms. The zero-order valence-electron chi connectivity index (χ0n) is 16.0. The van der Waals surface area contributed by atoms with Gasteiger partial charge >= 0.3 is 0 Å². The molecule has 0 unspecified atom stereocenters. The molecule has 1 saturated heterocycles. The number of anilines is 1. The fraction of sp³-hybridized carbons (Fsp3) is 0.700. The van der Waals surface area contributed by atoms with Crippen LogP contribution in [0, 0.1) is 11.8 Å². The van der Waals surface area contributed by atoms with Crippen LogP contribution in [0.4, 0.5) is 14.5 Å². The summed E-state index contributed by atoms with van der Waals surface area (Å²) in [6, 6.07) is 7.17. The van der Waals surface area contributed by atoms with Crippen molar-refractivity contribution in [1.82, 2.24) is 4.90 Å². The predicted molar refractivity (Wildman–Crippen MR) is 104 cm³/mol. The van der Waals surface area contributed by atoms with Crippen LogP contribution in [0.15, 0.2) is 29.2 Å². The lowest BCUT2D eigenvalue weighted by molar-refractivity contribution is 0.0916. The fourth-order valence-corrected chi connectivity index (χ4v) is 5.03. The molecule has 0 amide bonds. The SMILES string of the molecule is CS(=O)(=O)c1cccc(N2CCN(CC3CCC(CC(F)F)CC3)CC2)c1. The van der Waals surface area contributed by atoms with Gasteiger partial charge in [0.25, 0.3) is 0 Å². The van der Waals surface area contributed by atoms with Gasteiger partial charge in [0, 0.05) is 51.1 Å². The summed E-state index contributed by atoms with van der Waals surface area (Å²) in [5.41, 5.74) is 0.963. The van der Waals surface area contributed by atoms with Crippen molar-refractivity contribution in [1.29, 1.82) is 0 Å². The van der Waals surface area contributed by atoms with Gasteiger partial charge in [0.1, 0.15) is 0 Å². The molecule has 2 fully saturated rings. The van der Waals surface area contributed by atoms with Crippen molar-refractivity contribution in [2.75, 3.05) is 43.9 Å². The van der Waals surface area contributed by atoms with E-state index in [4.69, 9.17) is 0 Å². The number of alkyl halides is 2. The Morgan fingerprint density at radius 3 is 2.26 bits per heavy atom. The Balaban J connectivity index is 1.46. The van der Waals surface area contributed by atoms with Crippen LogP contribution in [0.25, 0.3) is 0 Å². The van der Waals surface area contributed by atoms with Crippen molar-refractivity contribution in [3.05, 3.63) is 24.3 Å². The fourth-order valence-electron chi connectivity index (χ4n) is 4.37. The van der Waals surface area contributed by atoms with Gasteiger partial charge in [0.2, 0.25) is 6.43 Å². The van der Waals surface area contributed by atoms with E-state index in [9.17, 15) is 17.2 Å². The average Bonchev–Trinajstić information content (AvgIpc) is 2.63. The summed E-state index contributed by atoms with van der Waals surface area (Å²) >= 11 is 0. The summed E-state index contributed by atoms with van der Waals surface area (Å²) in [5, 5.41) is 0. The van der Waals surface area contributed by atoms with Crippen LogP contribution in [0.5, 0.6) is 0 Å². The van der Waals surface area contributed by atoms with Gasteiger partial charge in [-0.25, -0.2) is 17.2 Å². The summed E-state index contributed by atoms with van der Waals surface area (Å²) in [6.07, 6.45) is 3.14. The first-order chi connectivity index (χ1) is 12.8. The Bertz CT molecular complexity index is 710. The van der Waals surface area contributed by atoms with Crippen LogP contribution in [-0.2, 0) is 9.84 Å². The summed E-state index contributed by atoms with van der Waals surface area (Å²) < 4.78 is 48.5. The molecule has 0 bridgehead atoms. The van der Waals surface area contributed by atoms with E-state index >= 15 is 0 Å². The third-order valence-corrected chi connectivity index (χ3v) is 7.09. The van der Waals surface area contributed by atoms with Crippen LogP contribution in [0.3, 0.4) is 0 Å². The molecule has 27 heavy (non-hydrogen) atoms. The van der Waals surface area contributed by atoms with Crippen molar-refractivity contribution in [3.8, 4) is 0 Å². The highest BCUT2D eigenvalue weighted by atomic mass is 32.2. The first-order valence-electron chi connectivity index (χ1n) is 9.87. The van der Waals surface area contributed by atoms with E-state index in [2.05, 4.69) is 9.80 Å². The highest BCUT2D eigenvalue weighted by molar-refractivity contribution is 7.90. The summed E-state index contributed by atoms with van der Waals surface area (Å²) in [6.45, 7) is 4.74. The molecule has 1 aliphatic heterocycles. The lowest BCUT2D eigenvalue weighted by Crippen LogP contribution is -2.48. The molecule has 1 aliphatic carbocycles. The zero-order valence-corrected chi connectivity index (χ0v) is 16.8. The number of halogens is 2. The summed E-state index contributed by atoms with van der Waals surface area (Å²) in [5.74, 6) is 0.833. The molecular formula is C20H30F2N2O2S. The first-order valence-corrected chi connectivity index (χ1v) is 11.8. The van der Waals surface area contributed by atoms with Gasteiger partial charge in [0.05, 0.1) is 4.90 Å². The molecule has 1 aromatic rings. The molecule has 0 radical (unpaired) electrons. The van der Waals surface area contributed by atoms with Crippen LogP contribution < -0.4 is 4.90 Å². The Morgan fingerprint density at radius 2 is 1.67 bits per heavy atom. The molecule has 2 aliphatic rings. The zero-order chi connectivity index (χ0) is 19.4. The summed E-state index contributed by atoms with van der Waals surface area (Å²) in [4.78, 5) is 5.07. The van der Waals surface area contributed by atoms with Crippen molar-refractivity contribution >= 4 is 15.5 Å². The number of sulfone groups is 1. The molecule has 1 aromatic carbocycles. The number of hydrogen-bond donors (Lipinski definition) is 0. The van der Waals surface area contributed by atoms with Crippen LogP contribution in [0.1, 0.15) is 32.1 Å². The van der Waals surface area contributed by atoms with Gasteiger partial charge in [-0.1, -0.05) is 6.07 Å². The van der Waals surface area contributed by atoms with Gasteiger partial charge in [-0.15, -0.1) is 0 Å². The molecule has 0 atom stereocenters. The third kappa shape index (κ3) is 5.88. The molecular weight excluding hydrogens is 370 g/mol. The number of piperazine rings is 1. The van der Waals surface area contributed by atoms with Crippen LogP contribution in [0.2, 0.25) is 0 Å². The van der Waals surface area contributed by atoms with E-state index in [-0.39, 0.29) is 12.3 Å². The minimum absolute atomic E-state index is 0.0674. The highest BCUT2D eigenvalue weighted by Crippen LogP contribution is 2.33. The van der Waals surface area contributed by atoms with E-state index in [1.54, 1.807) is 18.2 Å². The van der Waals surface area contributed by atoms with Crippen molar-refractivity contribution in [2.24, 2.45) is 11.8 Å². The maximum Gasteiger partial charge on any atom is 0.238 e. The van der Waals surface area contributed by atoms with Crippen LogP contribution in [-0.4, -0.2) is 58.7 Å². The minimum atomic E-state index is -3.19. The lowest BCUT2D eigenvalue weighted by atomic mass is 9.80. The second kappa shape index (κ2) is 8.86. The monoisotopic (exact) mass is 400 g/mol. The highest BCUT2D eigenvalue weighted by Gasteiger charge is 2.26. The van der Waals surface area contributed by atoms with Crippen molar-refractivity contribution < 1.29 is 17.2 Å². The van der Waals surface area contributed by atoms with Gasteiger partial charge in [0.15, 0.2) is 9.84 Å². The van der Waals surface area contributed by atoms with Gasteiger partial charge in [-0.2, -0.15) is 0 Å². The maximum absolute atomic E-state index is 12.5. The Morgan fingerprint density at radius 1 is 1.04 bits per heavy atom. The predicted octanol–water partition coefficient (Wildman–Crippen LogP) is 3.67. The average molecular weight is 401 g/mol. The summed E-state index contributed by atoms with van der Waals surface area (Å²) in [7, 11) is -3.19. The standard InChI is InChI=1S/C20H30F2N2O2S/c1-27(25,26)19-4-2-3-18(14-19)24-11-9-23(10-12-24)15-17-7-5-16(6-8-17)13-20(21)22/h2-4,14,16-17,20H,5-13,15H2,1H3. The Kier molecular flexibility index (Phi) is 6.74. The lowest BCUT2D eigenvalue weighted by Gasteiger charge is -2.39. The van der Waals surface area contributed by atoms with E-state index in [1.165, 1.54) is 6.26 Å². The number of rotatable bonds is 6. The molecule has 0 spiro atoms. The van der Waals surface area contributed by atoms with Crippen LogP contribution >= 0.6 is 0 Å². The Hall–Kier alpha value is -1.21. The molecule has 0 N–H and O–H groups in total. The molecule has 0 aromatic heterocycles. The number of nitrogens with zero attached hydrogens (tertiary/aromatic N) is 2. The second-order valence-electron chi connectivity index (χ2n) is 8.07. The molecule has 1 heterocycles. The molecule has 152 valence electrons. The Labute approximate surface area is 161 Å². The third-order valence-electron chi connectivity index (χ3n) is 5.98. The van der Waals surface area contributed by atoms with E-state index in [0.29, 0.717) is 10.8 Å². The number of hydrogen-bond acceptors (Lipinski definition) is 4. The molecule has 1 saturated carbocycles. The van der Waals surface area contributed by atoms with E-state index in [0.717, 1.165) is 64.1 Å². The van der Waals surface area contributed by atoms with Gasteiger partial charge < -0.3 is 4.90 Å². The molecule has 3 rings (SSSR count). The van der Waals surface area contributed by atoms with Crippen molar-refractivity contribution in [3.63, 3.8) is 0 Å².